The van der Waals surface area contributed by atoms with Crippen LogP contribution in [0, 0.1) is 11.8 Å². The van der Waals surface area contributed by atoms with E-state index in [-0.39, 0.29) is 17.5 Å². The summed E-state index contributed by atoms with van der Waals surface area (Å²) in [6.07, 6.45) is 4.61. The molecule has 0 spiro atoms. The Morgan fingerprint density at radius 3 is 2.65 bits per heavy atom. The van der Waals surface area contributed by atoms with Gasteiger partial charge in [0.05, 0.1) is 11.1 Å². The third-order valence-corrected chi connectivity index (χ3v) is 8.46. The van der Waals surface area contributed by atoms with E-state index in [0.29, 0.717) is 23.9 Å². The number of nitrogens with one attached hydrogen (secondary N) is 1. The molecular formula is C28H26N2O3S. The minimum Gasteiger partial charge on any atom is -0.459 e. The summed E-state index contributed by atoms with van der Waals surface area (Å²) >= 11 is 1.59. The summed E-state index contributed by atoms with van der Waals surface area (Å²) in [5.74, 6) is 1.46. The van der Waals surface area contributed by atoms with E-state index in [1.807, 2.05) is 30.3 Å². The lowest BCUT2D eigenvalue weighted by Gasteiger charge is -2.44. The van der Waals surface area contributed by atoms with Crippen molar-refractivity contribution in [3.8, 4) is 11.1 Å². The summed E-state index contributed by atoms with van der Waals surface area (Å²) in [5, 5.41) is 3.99. The standard InChI is InChI=1S/C28H26N2O3S/c31-24(15-21-17-30-11-9-18(21)10-12-30)26-16-20-5-2-7-23(27(20)34-26)19-4-1-6-22(14-19)29-28(32)25-8-3-13-33-25/h1-8,13-14,16,18,21H,9-12,15,17H2,(H,29,32)/t21-/m0/s1. The summed E-state index contributed by atoms with van der Waals surface area (Å²) < 4.78 is 6.30. The van der Waals surface area contributed by atoms with E-state index in [9.17, 15) is 9.59 Å². The Morgan fingerprint density at radius 2 is 1.88 bits per heavy atom. The third kappa shape index (κ3) is 4.08. The molecule has 34 heavy (non-hydrogen) atoms. The fourth-order valence-corrected chi connectivity index (χ4v) is 6.59. The van der Waals surface area contributed by atoms with Gasteiger partial charge in [0.15, 0.2) is 11.5 Å². The van der Waals surface area contributed by atoms with Crippen LogP contribution in [-0.2, 0) is 0 Å². The summed E-state index contributed by atoms with van der Waals surface area (Å²) in [6, 6.07) is 19.3. The summed E-state index contributed by atoms with van der Waals surface area (Å²) in [4.78, 5) is 29.0. The zero-order chi connectivity index (χ0) is 23.1. The molecule has 3 fully saturated rings. The highest BCUT2D eigenvalue weighted by atomic mass is 32.1. The van der Waals surface area contributed by atoms with E-state index in [1.54, 1.807) is 23.5 Å². The number of carbonyl (C=O) groups is 2. The molecule has 172 valence electrons. The van der Waals surface area contributed by atoms with Crippen LogP contribution in [0.2, 0.25) is 0 Å². The normalized spacial score (nSPS) is 21.6. The molecule has 3 aliphatic rings. The lowest BCUT2D eigenvalue weighted by atomic mass is 9.76. The number of ketones is 1. The maximum Gasteiger partial charge on any atom is 0.291 e. The molecule has 2 aromatic heterocycles. The number of fused-ring (bicyclic) bond motifs is 4. The molecule has 1 atom stereocenters. The number of piperidine rings is 3. The number of carbonyl (C=O) groups excluding carboxylic acids is 2. The van der Waals surface area contributed by atoms with E-state index in [0.717, 1.165) is 32.6 Å². The Kier molecular flexibility index (Phi) is 5.55. The SMILES string of the molecule is O=C(Nc1cccc(-c2cccc3cc(C(=O)C[C@H]4CN5CCC4CC5)sc23)c1)c1ccco1. The molecule has 2 aromatic carbocycles. The maximum atomic E-state index is 13.2. The largest absolute Gasteiger partial charge is 0.459 e. The number of benzene rings is 2. The molecule has 6 heteroatoms. The van der Waals surface area contributed by atoms with Crippen molar-refractivity contribution < 1.29 is 14.0 Å². The highest BCUT2D eigenvalue weighted by Crippen LogP contribution is 2.39. The monoisotopic (exact) mass is 470 g/mol. The molecule has 5 nitrogen and oxygen atoms in total. The van der Waals surface area contributed by atoms with Crippen LogP contribution in [0.5, 0.6) is 0 Å². The second kappa shape index (κ2) is 8.85. The number of thiophene rings is 1. The smallest absolute Gasteiger partial charge is 0.291 e. The number of furan rings is 1. The first-order valence-electron chi connectivity index (χ1n) is 11.9. The van der Waals surface area contributed by atoms with Gasteiger partial charge in [0.2, 0.25) is 0 Å². The number of nitrogens with zero attached hydrogens (tertiary/aromatic N) is 1. The van der Waals surface area contributed by atoms with Gasteiger partial charge in [-0.3, -0.25) is 9.59 Å². The van der Waals surface area contributed by atoms with Crippen LogP contribution >= 0.6 is 11.3 Å². The van der Waals surface area contributed by atoms with Gasteiger partial charge in [0, 0.05) is 23.4 Å². The van der Waals surface area contributed by atoms with Gasteiger partial charge in [-0.05, 0) is 84.6 Å². The molecule has 2 bridgehead atoms. The Bertz CT molecular complexity index is 1350. The van der Waals surface area contributed by atoms with Crippen LogP contribution in [0.3, 0.4) is 0 Å². The van der Waals surface area contributed by atoms with E-state index >= 15 is 0 Å². The average molecular weight is 471 g/mol. The molecule has 7 rings (SSSR count). The van der Waals surface area contributed by atoms with Crippen molar-refractivity contribution in [3.05, 3.63) is 77.6 Å². The van der Waals surface area contributed by atoms with E-state index in [4.69, 9.17) is 4.42 Å². The summed E-state index contributed by atoms with van der Waals surface area (Å²) in [6.45, 7) is 3.47. The summed E-state index contributed by atoms with van der Waals surface area (Å²) in [5.41, 5.74) is 2.77. The first-order chi connectivity index (χ1) is 16.6. The molecule has 0 unspecified atom stereocenters. The van der Waals surface area contributed by atoms with Gasteiger partial charge in [0.25, 0.3) is 5.91 Å². The van der Waals surface area contributed by atoms with Crippen LogP contribution in [0.1, 0.15) is 39.5 Å². The second-order valence-electron chi connectivity index (χ2n) is 9.37. The number of rotatable bonds is 6. The predicted octanol–water partition coefficient (Wildman–Crippen LogP) is 6.33. The summed E-state index contributed by atoms with van der Waals surface area (Å²) in [7, 11) is 0. The van der Waals surface area contributed by atoms with E-state index in [2.05, 4.69) is 28.4 Å². The fraction of sp³-hybridized carbons (Fsp3) is 0.286. The van der Waals surface area contributed by atoms with Crippen molar-refractivity contribution in [1.29, 1.82) is 0 Å². The van der Waals surface area contributed by atoms with Crippen molar-refractivity contribution in [2.24, 2.45) is 11.8 Å². The molecule has 1 amide bonds. The Hall–Kier alpha value is -3.22. The van der Waals surface area contributed by atoms with Gasteiger partial charge >= 0.3 is 0 Å². The average Bonchev–Trinajstić information content (AvgIpc) is 3.55. The number of hydrogen-bond acceptors (Lipinski definition) is 5. The molecule has 5 heterocycles. The molecule has 1 N–H and O–H groups in total. The minimum atomic E-state index is -0.280. The van der Waals surface area contributed by atoms with Gasteiger partial charge in [-0.15, -0.1) is 11.3 Å². The number of amides is 1. The lowest BCUT2D eigenvalue weighted by Crippen LogP contribution is -2.47. The molecule has 4 aromatic rings. The quantitative estimate of drug-likeness (QED) is 0.335. The van der Waals surface area contributed by atoms with Crippen LogP contribution in [0.15, 0.2) is 71.3 Å². The Balaban J connectivity index is 1.25. The van der Waals surface area contributed by atoms with Crippen molar-refractivity contribution in [2.45, 2.75) is 19.3 Å². The molecule has 3 saturated heterocycles. The first kappa shape index (κ1) is 21.3. The van der Waals surface area contributed by atoms with Gasteiger partial charge in [-0.25, -0.2) is 0 Å². The number of anilines is 1. The topological polar surface area (TPSA) is 62.6 Å². The van der Waals surface area contributed by atoms with Crippen LogP contribution < -0.4 is 5.32 Å². The molecule has 0 aliphatic carbocycles. The molecule has 3 aliphatic heterocycles. The minimum absolute atomic E-state index is 0.269. The third-order valence-electron chi connectivity index (χ3n) is 7.23. The predicted molar refractivity (Wildman–Crippen MR) is 136 cm³/mol. The van der Waals surface area contributed by atoms with Crippen LogP contribution in [0.4, 0.5) is 5.69 Å². The van der Waals surface area contributed by atoms with Crippen molar-refractivity contribution in [3.63, 3.8) is 0 Å². The Labute approximate surface area is 202 Å². The molecular weight excluding hydrogens is 444 g/mol. The number of Topliss-reactive ketones (excluding diaryl/α,β-unsaturated/α-hetero) is 1. The second-order valence-corrected chi connectivity index (χ2v) is 10.4. The molecule has 0 radical (unpaired) electrons. The number of hydrogen-bond donors (Lipinski definition) is 1. The van der Waals surface area contributed by atoms with Crippen molar-refractivity contribution in [1.82, 2.24) is 4.90 Å². The molecule has 0 saturated carbocycles. The fourth-order valence-electron chi connectivity index (χ4n) is 5.45. The van der Waals surface area contributed by atoms with E-state index in [1.165, 1.54) is 32.2 Å². The van der Waals surface area contributed by atoms with Crippen LogP contribution in [-0.4, -0.2) is 36.2 Å². The highest BCUT2D eigenvalue weighted by molar-refractivity contribution is 7.21. The van der Waals surface area contributed by atoms with E-state index < -0.39 is 0 Å². The van der Waals surface area contributed by atoms with Crippen molar-refractivity contribution in [2.75, 3.05) is 25.0 Å². The lowest BCUT2D eigenvalue weighted by molar-refractivity contribution is 0.0442. The first-order valence-corrected chi connectivity index (χ1v) is 12.7. The maximum absolute atomic E-state index is 13.2. The highest BCUT2D eigenvalue weighted by Gasteiger charge is 2.35. The van der Waals surface area contributed by atoms with Crippen molar-refractivity contribution >= 4 is 38.8 Å². The van der Waals surface area contributed by atoms with Gasteiger partial charge < -0.3 is 14.6 Å². The van der Waals surface area contributed by atoms with Gasteiger partial charge in [0.1, 0.15) is 0 Å². The Morgan fingerprint density at radius 1 is 1.03 bits per heavy atom. The van der Waals surface area contributed by atoms with Crippen LogP contribution in [0.25, 0.3) is 21.2 Å². The van der Waals surface area contributed by atoms with Gasteiger partial charge in [-0.1, -0.05) is 30.3 Å². The van der Waals surface area contributed by atoms with Gasteiger partial charge in [-0.2, -0.15) is 0 Å². The zero-order valence-electron chi connectivity index (χ0n) is 18.8. The zero-order valence-corrected chi connectivity index (χ0v) is 19.6.